The fourth-order valence-electron chi connectivity index (χ4n) is 5.63. The second kappa shape index (κ2) is 11.7. The zero-order valence-corrected chi connectivity index (χ0v) is 23.7. The zero-order chi connectivity index (χ0) is 28.4. The number of piperidine rings is 1. The van der Waals surface area contributed by atoms with E-state index in [9.17, 15) is 23.1 Å². The van der Waals surface area contributed by atoms with Gasteiger partial charge in [0.1, 0.15) is 17.1 Å². The number of carbonyl (C=O) groups is 1. The van der Waals surface area contributed by atoms with Crippen LogP contribution in [0.5, 0.6) is 0 Å². The van der Waals surface area contributed by atoms with Crippen LogP contribution in [0.3, 0.4) is 0 Å². The van der Waals surface area contributed by atoms with Crippen LogP contribution in [0.4, 0.5) is 13.2 Å². The van der Waals surface area contributed by atoms with Gasteiger partial charge in [0.05, 0.1) is 12.1 Å². The fourth-order valence-corrected chi connectivity index (χ4v) is 7.19. The number of hydrogen-bond acceptors (Lipinski definition) is 5. The van der Waals surface area contributed by atoms with Crippen LogP contribution >= 0.6 is 11.8 Å². The number of fused-ring (bicyclic) bond motifs is 1. The number of quaternary nitrogens is 1. The maximum absolute atomic E-state index is 14.1. The van der Waals surface area contributed by atoms with Gasteiger partial charge in [0, 0.05) is 43.2 Å². The quantitative estimate of drug-likeness (QED) is 0.313. The van der Waals surface area contributed by atoms with Crippen molar-refractivity contribution in [3.05, 3.63) is 71.2 Å². The highest BCUT2D eigenvalue weighted by Gasteiger charge is 2.53. The lowest BCUT2D eigenvalue weighted by Gasteiger charge is -2.47. The second-order valence-electron chi connectivity index (χ2n) is 11.3. The normalized spacial score (nSPS) is 26.6. The Morgan fingerprint density at radius 1 is 1.25 bits per heavy atom. The molecule has 5 rings (SSSR count). The molecule has 40 heavy (non-hydrogen) atoms. The molecule has 2 fully saturated rings. The fraction of sp³-hybridized carbons (Fsp3) is 0.533. The van der Waals surface area contributed by atoms with Crippen molar-refractivity contribution in [2.75, 3.05) is 25.5 Å². The summed E-state index contributed by atoms with van der Waals surface area (Å²) in [5.74, 6) is 0.653. The first kappa shape index (κ1) is 29.0. The van der Waals surface area contributed by atoms with Crippen LogP contribution in [0, 0.1) is 0 Å². The topological polar surface area (TPSA) is 67.8 Å². The van der Waals surface area contributed by atoms with Gasteiger partial charge in [-0.2, -0.15) is 17.8 Å². The van der Waals surface area contributed by atoms with Crippen LogP contribution in [0.15, 0.2) is 65.1 Å². The molecule has 2 unspecified atom stereocenters. The van der Waals surface area contributed by atoms with E-state index in [4.69, 9.17) is 5.10 Å². The van der Waals surface area contributed by atoms with Crippen molar-refractivity contribution in [2.45, 2.75) is 75.4 Å². The van der Waals surface area contributed by atoms with E-state index in [1.807, 2.05) is 23.9 Å². The Morgan fingerprint density at radius 3 is 2.67 bits per heavy atom. The number of thioether (sulfide) groups is 1. The highest BCUT2D eigenvalue weighted by Crippen LogP contribution is 2.46. The van der Waals surface area contributed by atoms with Crippen molar-refractivity contribution in [3.8, 4) is 0 Å². The second-order valence-corrected chi connectivity index (χ2v) is 12.6. The van der Waals surface area contributed by atoms with Gasteiger partial charge in [0.25, 0.3) is 0 Å². The van der Waals surface area contributed by atoms with E-state index in [0.717, 1.165) is 29.8 Å². The SMILES string of the molecule is CC1([N+]2(CSC3CCC3)N=C3CCN(C(=O)CCCNCc4ccc(C(F)(F)F)cc4)CC3=C2[O-])C=CC=CC1. The Balaban J connectivity index is 1.17. The summed E-state index contributed by atoms with van der Waals surface area (Å²) in [5, 5.41) is 23.0. The van der Waals surface area contributed by atoms with Gasteiger partial charge in [-0.05, 0) is 56.5 Å². The summed E-state index contributed by atoms with van der Waals surface area (Å²) < 4.78 is 38.2. The standard InChI is InChI=1S/C30H37F3N4O2S/c1-29(15-3-2-4-16-29)37(21-40-24-7-5-8-24)28(39)25-20-36(18-14-26(25)35-37)27(38)9-6-17-34-19-22-10-12-23(13-11-22)30(31,32)33/h2-4,10-13,15,24,34H,5-9,14,16-21H2,1H3. The van der Waals surface area contributed by atoms with E-state index in [2.05, 4.69) is 24.4 Å². The van der Waals surface area contributed by atoms with Crippen molar-refractivity contribution in [3.63, 3.8) is 0 Å². The van der Waals surface area contributed by atoms with E-state index < -0.39 is 17.3 Å². The highest BCUT2D eigenvalue weighted by atomic mass is 32.2. The summed E-state index contributed by atoms with van der Waals surface area (Å²) in [6, 6.07) is 5.09. The average Bonchev–Trinajstić information content (AvgIpc) is 3.20. The minimum atomic E-state index is -4.34. The van der Waals surface area contributed by atoms with E-state index >= 15 is 0 Å². The molecule has 4 aliphatic rings. The Hall–Kier alpha value is -2.56. The van der Waals surface area contributed by atoms with Crippen LogP contribution in [-0.2, 0) is 17.5 Å². The summed E-state index contributed by atoms with van der Waals surface area (Å²) in [6.07, 6.45) is 9.83. The lowest BCUT2D eigenvalue weighted by molar-refractivity contribution is -0.965. The van der Waals surface area contributed by atoms with Crippen molar-refractivity contribution in [1.82, 2.24) is 10.2 Å². The van der Waals surface area contributed by atoms with Gasteiger partial charge in [-0.3, -0.25) is 4.79 Å². The molecule has 1 aromatic rings. The van der Waals surface area contributed by atoms with Crippen molar-refractivity contribution in [1.29, 1.82) is 0 Å². The number of nitrogens with zero attached hydrogens (tertiary/aromatic N) is 3. The third-order valence-corrected chi connectivity index (χ3v) is 10.0. The Morgan fingerprint density at radius 2 is 2.02 bits per heavy atom. The molecular formula is C30H37F3N4O2S. The molecular weight excluding hydrogens is 537 g/mol. The number of allylic oxidation sites excluding steroid dienone is 2. The molecule has 0 aromatic heterocycles. The molecule has 2 aliphatic carbocycles. The molecule has 1 aromatic carbocycles. The van der Waals surface area contributed by atoms with Gasteiger partial charge in [-0.15, -0.1) is 0 Å². The zero-order valence-electron chi connectivity index (χ0n) is 22.9. The van der Waals surface area contributed by atoms with Crippen LogP contribution < -0.4 is 10.4 Å². The molecule has 1 amide bonds. The first-order valence-electron chi connectivity index (χ1n) is 14.1. The Labute approximate surface area is 238 Å². The van der Waals surface area contributed by atoms with Crippen molar-refractivity contribution in [2.24, 2.45) is 5.10 Å². The number of alkyl halides is 3. The third kappa shape index (κ3) is 5.90. The monoisotopic (exact) mass is 574 g/mol. The largest absolute Gasteiger partial charge is 0.829 e. The number of likely N-dealkylation sites (tertiary alicyclic amines) is 1. The number of hydrogen-bond donors (Lipinski definition) is 1. The molecule has 2 atom stereocenters. The first-order chi connectivity index (χ1) is 19.1. The van der Waals surface area contributed by atoms with Crippen LogP contribution in [-0.4, -0.2) is 57.4 Å². The molecule has 10 heteroatoms. The summed E-state index contributed by atoms with van der Waals surface area (Å²) in [6.45, 7) is 3.98. The van der Waals surface area contributed by atoms with Crippen molar-refractivity contribution < 1.29 is 27.7 Å². The summed E-state index contributed by atoms with van der Waals surface area (Å²) in [5.41, 5.74) is 1.17. The maximum Gasteiger partial charge on any atom is 0.416 e. The third-order valence-electron chi connectivity index (χ3n) is 8.54. The lowest BCUT2D eigenvalue weighted by Crippen LogP contribution is -2.59. The van der Waals surface area contributed by atoms with Crippen LogP contribution in [0.25, 0.3) is 0 Å². The summed E-state index contributed by atoms with van der Waals surface area (Å²) in [4.78, 5) is 14.8. The molecule has 1 N–H and O–H groups in total. The highest BCUT2D eigenvalue weighted by molar-refractivity contribution is 7.99. The maximum atomic E-state index is 14.1. The molecule has 0 bridgehead atoms. The van der Waals surface area contributed by atoms with Gasteiger partial charge < -0.3 is 15.3 Å². The molecule has 1 saturated carbocycles. The molecule has 1 saturated heterocycles. The number of carbonyl (C=O) groups excluding carboxylic acids is 1. The Bertz CT molecular complexity index is 1220. The van der Waals surface area contributed by atoms with Crippen molar-refractivity contribution >= 4 is 23.4 Å². The van der Waals surface area contributed by atoms with E-state index in [1.165, 1.54) is 31.4 Å². The smallest absolute Gasteiger partial charge is 0.416 e. The van der Waals surface area contributed by atoms with Gasteiger partial charge in [-0.1, -0.05) is 53.6 Å². The van der Waals surface area contributed by atoms with Gasteiger partial charge in [-0.25, -0.2) is 0 Å². The van der Waals surface area contributed by atoms with Gasteiger partial charge >= 0.3 is 6.18 Å². The van der Waals surface area contributed by atoms with Gasteiger partial charge in [0.2, 0.25) is 5.91 Å². The molecule has 216 valence electrons. The summed E-state index contributed by atoms with van der Waals surface area (Å²) >= 11 is 1.86. The first-order valence-corrected chi connectivity index (χ1v) is 15.2. The number of benzene rings is 1. The minimum absolute atomic E-state index is 0.0104. The van der Waals surface area contributed by atoms with E-state index in [1.54, 1.807) is 4.90 Å². The minimum Gasteiger partial charge on any atom is -0.829 e. The number of rotatable bonds is 10. The average molecular weight is 575 g/mol. The predicted molar refractivity (Wildman–Crippen MR) is 150 cm³/mol. The summed E-state index contributed by atoms with van der Waals surface area (Å²) in [7, 11) is 0. The molecule has 2 aliphatic heterocycles. The molecule has 2 heterocycles. The molecule has 0 radical (unpaired) electrons. The number of amides is 1. The van der Waals surface area contributed by atoms with Gasteiger partial charge in [0.15, 0.2) is 5.88 Å². The molecule has 0 spiro atoms. The number of nitrogens with one attached hydrogen (secondary N) is 1. The number of halogens is 3. The van der Waals surface area contributed by atoms with E-state index in [-0.39, 0.29) is 16.4 Å². The van der Waals surface area contributed by atoms with Crippen LogP contribution in [0.2, 0.25) is 0 Å². The molecule has 6 nitrogen and oxygen atoms in total. The predicted octanol–water partition coefficient (Wildman–Crippen LogP) is 5.08. The Kier molecular flexibility index (Phi) is 8.50. The van der Waals surface area contributed by atoms with E-state index in [0.29, 0.717) is 62.1 Å². The lowest BCUT2D eigenvalue weighted by atomic mass is 9.91. The van der Waals surface area contributed by atoms with Crippen LogP contribution in [0.1, 0.15) is 63.0 Å².